The van der Waals surface area contributed by atoms with E-state index in [1.165, 1.54) is 5.56 Å². The van der Waals surface area contributed by atoms with Crippen molar-refractivity contribution >= 4 is 5.78 Å². The monoisotopic (exact) mass is 224 g/mol. The molecular formula is C16H16O. The van der Waals surface area contributed by atoms with Gasteiger partial charge in [0, 0.05) is 17.4 Å². The molecule has 0 saturated heterocycles. The first-order chi connectivity index (χ1) is 8.27. The molecular weight excluding hydrogens is 208 g/mol. The number of benzene rings is 1. The van der Waals surface area contributed by atoms with Gasteiger partial charge in [0.1, 0.15) is 0 Å². The van der Waals surface area contributed by atoms with Crippen LogP contribution in [0.25, 0.3) is 0 Å². The summed E-state index contributed by atoms with van der Waals surface area (Å²) in [5.41, 5.74) is 2.14. The summed E-state index contributed by atoms with van der Waals surface area (Å²) in [6.45, 7) is 7.81. The molecule has 0 bridgehead atoms. The van der Waals surface area contributed by atoms with Crippen molar-refractivity contribution in [3.05, 3.63) is 60.7 Å². The van der Waals surface area contributed by atoms with E-state index < -0.39 is 0 Å². The van der Waals surface area contributed by atoms with Crippen molar-refractivity contribution < 1.29 is 4.79 Å². The molecule has 86 valence electrons. The van der Waals surface area contributed by atoms with Gasteiger partial charge in [-0.1, -0.05) is 36.4 Å². The van der Waals surface area contributed by atoms with Gasteiger partial charge in [-0.05, 0) is 23.8 Å². The van der Waals surface area contributed by atoms with Crippen LogP contribution in [0.15, 0.2) is 49.6 Å². The predicted octanol–water partition coefficient (Wildman–Crippen LogP) is 3.59. The average molecular weight is 224 g/mol. The molecule has 1 saturated carbocycles. The van der Waals surface area contributed by atoms with Crippen molar-refractivity contribution in [1.29, 1.82) is 0 Å². The predicted molar refractivity (Wildman–Crippen MR) is 69.0 cm³/mol. The van der Waals surface area contributed by atoms with E-state index in [0.29, 0.717) is 23.5 Å². The van der Waals surface area contributed by atoms with E-state index in [9.17, 15) is 4.79 Å². The maximum atomic E-state index is 12.4. The first-order valence-electron chi connectivity index (χ1n) is 6.16. The Kier molecular flexibility index (Phi) is 2.29. The Morgan fingerprint density at radius 3 is 2.41 bits per heavy atom. The number of fused-ring (bicyclic) bond motifs is 3. The lowest BCUT2D eigenvalue weighted by Crippen LogP contribution is -2.15. The molecule has 3 rings (SSSR count). The fourth-order valence-corrected chi connectivity index (χ4v) is 3.60. The molecule has 0 radical (unpaired) electrons. The molecule has 2 aliphatic rings. The molecule has 0 aliphatic heterocycles. The molecule has 0 amide bonds. The number of carbonyl (C=O) groups excluding carboxylic acids is 1. The van der Waals surface area contributed by atoms with Crippen molar-refractivity contribution in [3.63, 3.8) is 0 Å². The van der Waals surface area contributed by atoms with Crippen LogP contribution in [-0.2, 0) is 0 Å². The third-order valence-electron chi connectivity index (χ3n) is 4.35. The largest absolute Gasteiger partial charge is 0.294 e. The molecule has 1 fully saturated rings. The van der Waals surface area contributed by atoms with Gasteiger partial charge in [0.25, 0.3) is 0 Å². The van der Waals surface area contributed by atoms with Crippen LogP contribution in [0.5, 0.6) is 0 Å². The second kappa shape index (κ2) is 3.69. The maximum absolute atomic E-state index is 12.4. The summed E-state index contributed by atoms with van der Waals surface area (Å²) >= 11 is 0. The number of hydrogen-bond acceptors (Lipinski definition) is 1. The fourth-order valence-electron chi connectivity index (χ4n) is 3.60. The van der Waals surface area contributed by atoms with E-state index >= 15 is 0 Å². The number of hydrogen-bond donors (Lipinski definition) is 0. The van der Waals surface area contributed by atoms with Crippen molar-refractivity contribution in [1.82, 2.24) is 0 Å². The third kappa shape index (κ3) is 1.28. The minimum atomic E-state index is 0.105. The van der Waals surface area contributed by atoms with E-state index in [0.717, 1.165) is 12.0 Å². The van der Waals surface area contributed by atoms with E-state index in [-0.39, 0.29) is 5.92 Å². The van der Waals surface area contributed by atoms with Gasteiger partial charge in [-0.2, -0.15) is 0 Å². The van der Waals surface area contributed by atoms with Gasteiger partial charge < -0.3 is 0 Å². The van der Waals surface area contributed by atoms with Crippen LogP contribution < -0.4 is 0 Å². The number of allylic oxidation sites excluding steroid dienone is 2. The molecule has 1 aromatic rings. The van der Waals surface area contributed by atoms with Crippen LogP contribution in [0.2, 0.25) is 0 Å². The first-order valence-corrected chi connectivity index (χ1v) is 6.16. The van der Waals surface area contributed by atoms with E-state index in [1.807, 2.05) is 30.4 Å². The molecule has 1 nitrogen and oxygen atoms in total. The summed E-state index contributed by atoms with van der Waals surface area (Å²) in [5.74, 6) is 1.46. The second-order valence-electron chi connectivity index (χ2n) is 5.04. The number of carbonyl (C=O) groups is 1. The quantitative estimate of drug-likeness (QED) is 0.702. The summed E-state index contributed by atoms with van der Waals surface area (Å²) in [6.07, 6.45) is 4.98. The Bertz CT molecular complexity index is 500. The molecule has 0 spiro atoms. The van der Waals surface area contributed by atoms with Crippen LogP contribution in [-0.4, -0.2) is 5.78 Å². The first kappa shape index (κ1) is 10.5. The maximum Gasteiger partial charge on any atom is 0.167 e. The fraction of sp³-hybridized carbons (Fsp3) is 0.312. The molecule has 0 aromatic heterocycles. The lowest BCUT2D eigenvalue weighted by atomic mass is 9.87. The Morgan fingerprint density at radius 2 is 1.71 bits per heavy atom. The lowest BCUT2D eigenvalue weighted by Gasteiger charge is -2.15. The average Bonchev–Trinajstić information content (AvgIpc) is 2.88. The molecule has 0 heterocycles. The van der Waals surface area contributed by atoms with Crippen LogP contribution in [0.4, 0.5) is 0 Å². The van der Waals surface area contributed by atoms with Gasteiger partial charge in [-0.25, -0.2) is 0 Å². The Labute approximate surface area is 102 Å². The molecule has 1 heteroatoms. The summed E-state index contributed by atoms with van der Waals surface area (Å²) in [6, 6.07) is 8.02. The Morgan fingerprint density at radius 1 is 1.06 bits per heavy atom. The molecule has 1 aromatic carbocycles. The zero-order chi connectivity index (χ0) is 12.0. The van der Waals surface area contributed by atoms with Gasteiger partial charge in [0.2, 0.25) is 0 Å². The van der Waals surface area contributed by atoms with Crippen LogP contribution in [0.3, 0.4) is 0 Å². The zero-order valence-corrected chi connectivity index (χ0v) is 9.80. The highest BCUT2D eigenvalue weighted by Gasteiger charge is 2.50. The molecule has 4 atom stereocenters. The summed E-state index contributed by atoms with van der Waals surface area (Å²) in [5, 5.41) is 0. The van der Waals surface area contributed by atoms with E-state index in [4.69, 9.17) is 0 Å². The molecule has 17 heavy (non-hydrogen) atoms. The molecule has 4 unspecified atom stereocenters. The minimum Gasteiger partial charge on any atom is -0.294 e. The topological polar surface area (TPSA) is 17.1 Å². The van der Waals surface area contributed by atoms with Gasteiger partial charge in [-0.3, -0.25) is 4.79 Å². The minimum absolute atomic E-state index is 0.105. The Hall–Kier alpha value is -1.63. The highest BCUT2D eigenvalue weighted by atomic mass is 16.1. The highest BCUT2D eigenvalue weighted by molar-refractivity contribution is 6.03. The van der Waals surface area contributed by atoms with Crippen molar-refractivity contribution in [2.75, 3.05) is 0 Å². The van der Waals surface area contributed by atoms with Gasteiger partial charge in [0.05, 0.1) is 0 Å². The van der Waals surface area contributed by atoms with E-state index in [2.05, 4.69) is 19.2 Å². The van der Waals surface area contributed by atoms with Crippen molar-refractivity contribution in [3.8, 4) is 0 Å². The van der Waals surface area contributed by atoms with Crippen LogP contribution >= 0.6 is 0 Å². The second-order valence-corrected chi connectivity index (χ2v) is 5.04. The van der Waals surface area contributed by atoms with Crippen molar-refractivity contribution in [2.24, 2.45) is 17.8 Å². The SMILES string of the molecule is C=CC1CC(C=C)C2c3ccccc3C(=O)C12. The number of Topliss-reactive ketones (excluding diaryl/α,β-unsaturated/α-hetero) is 1. The van der Waals surface area contributed by atoms with Gasteiger partial charge in [0.15, 0.2) is 5.78 Å². The molecule has 0 N–H and O–H groups in total. The smallest absolute Gasteiger partial charge is 0.167 e. The number of rotatable bonds is 2. The number of ketones is 1. The Balaban J connectivity index is 2.14. The van der Waals surface area contributed by atoms with Gasteiger partial charge in [-0.15, -0.1) is 13.2 Å². The summed E-state index contributed by atoms with van der Waals surface area (Å²) in [4.78, 5) is 12.4. The lowest BCUT2D eigenvalue weighted by molar-refractivity contribution is 0.0913. The van der Waals surface area contributed by atoms with Crippen LogP contribution in [0, 0.1) is 17.8 Å². The standard InChI is InChI=1S/C16H16O/c1-3-10-9-11(4-2)15-14(10)12-7-5-6-8-13(12)16(15)17/h3-8,10-11,14-15H,1-2,9H2. The van der Waals surface area contributed by atoms with Crippen molar-refractivity contribution in [2.45, 2.75) is 12.3 Å². The normalized spacial score (nSPS) is 34.2. The zero-order valence-electron chi connectivity index (χ0n) is 9.80. The molecule has 2 aliphatic carbocycles. The van der Waals surface area contributed by atoms with E-state index in [1.54, 1.807) is 0 Å². The third-order valence-corrected chi connectivity index (χ3v) is 4.35. The summed E-state index contributed by atoms with van der Waals surface area (Å²) in [7, 11) is 0. The highest BCUT2D eigenvalue weighted by Crippen LogP contribution is 2.54. The van der Waals surface area contributed by atoms with Crippen LogP contribution in [0.1, 0.15) is 28.3 Å². The van der Waals surface area contributed by atoms with Gasteiger partial charge >= 0.3 is 0 Å². The summed E-state index contributed by atoms with van der Waals surface area (Å²) < 4.78 is 0.